The molecule has 8 heteroatoms. The zero-order chi connectivity index (χ0) is 18.9. The van der Waals surface area contributed by atoms with Crippen LogP contribution in [0.1, 0.15) is 22.9 Å². The summed E-state index contributed by atoms with van der Waals surface area (Å²) in [6.07, 6.45) is 6.47. The van der Waals surface area contributed by atoms with Gasteiger partial charge >= 0.3 is 0 Å². The van der Waals surface area contributed by atoms with Crippen molar-refractivity contribution in [2.45, 2.75) is 28.6 Å². The average molecular weight is 409 g/mol. The number of rotatable bonds is 10. The summed E-state index contributed by atoms with van der Waals surface area (Å²) >= 11 is 3.63. The summed E-state index contributed by atoms with van der Waals surface area (Å²) in [6, 6.07) is 2.13. The van der Waals surface area contributed by atoms with Gasteiger partial charge in [-0.3, -0.25) is 9.88 Å². The van der Waals surface area contributed by atoms with Gasteiger partial charge in [0.25, 0.3) is 0 Å². The predicted molar refractivity (Wildman–Crippen MR) is 111 cm³/mol. The Morgan fingerprint density at radius 1 is 1.30 bits per heavy atom. The number of nitrogens with zero attached hydrogens (tertiary/aromatic N) is 3. The van der Waals surface area contributed by atoms with Gasteiger partial charge in [0.2, 0.25) is 0 Å². The molecule has 1 aliphatic heterocycles. The first-order valence-corrected chi connectivity index (χ1v) is 11.2. The number of aromatic amines is 1. The maximum Gasteiger partial charge on any atom is 0.165 e. The Morgan fingerprint density at radius 3 is 2.89 bits per heavy atom. The first-order valence-electron chi connectivity index (χ1n) is 9.31. The first kappa shape index (κ1) is 20.7. The summed E-state index contributed by atoms with van der Waals surface area (Å²) in [6.45, 7) is 7.78. The molecule has 0 bridgehead atoms. The van der Waals surface area contributed by atoms with Crippen LogP contribution in [0.4, 0.5) is 0 Å². The van der Waals surface area contributed by atoms with E-state index in [2.05, 4.69) is 27.9 Å². The van der Waals surface area contributed by atoms with Gasteiger partial charge in [0.15, 0.2) is 5.16 Å². The molecule has 148 valence electrons. The minimum absolute atomic E-state index is 0.218. The lowest BCUT2D eigenvalue weighted by Crippen LogP contribution is -2.37. The van der Waals surface area contributed by atoms with Crippen LogP contribution in [0.25, 0.3) is 0 Å². The van der Waals surface area contributed by atoms with E-state index in [-0.39, 0.29) is 5.25 Å². The highest BCUT2D eigenvalue weighted by Crippen LogP contribution is 2.38. The molecule has 0 amide bonds. The second-order valence-electron chi connectivity index (χ2n) is 6.40. The zero-order valence-electron chi connectivity index (χ0n) is 16.0. The lowest BCUT2D eigenvalue weighted by atomic mass is 10.1. The second-order valence-corrected chi connectivity index (χ2v) is 8.73. The molecular weight excluding hydrogens is 380 g/mol. The Morgan fingerprint density at radius 2 is 2.15 bits per heavy atom. The maximum absolute atomic E-state index is 5.42. The predicted octanol–water partition coefficient (Wildman–Crippen LogP) is 3.41. The zero-order valence-corrected chi connectivity index (χ0v) is 17.7. The van der Waals surface area contributed by atoms with Gasteiger partial charge in [-0.15, -0.1) is 11.8 Å². The van der Waals surface area contributed by atoms with Gasteiger partial charge in [-0.25, -0.2) is 4.98 Å². The summed E-state index contributed by atoms with van der Waals surface area (Å²) in [5.41, 5.74) is 2.40. The Labute approximate surface area is 169 Å². The van der Waals surface area contributed by atoms with Crippen LogP contribution in [0.2, 0.25) is 0 Å². The van der Waals surface area contributed by atoms with Crippen molar-refractivity contribution in [3.8, 4) is 0 Å². The number of morpholine rings is 1. The van der Waals surface area contributed by atoms with Crippen molar-refractivity contribution >= 4 is 23.5 Å². The number of methoxy groups -OCH3 is 1. The molecular formula is C19H28N4O2S2. The molecule has 1 saturated heterocycles. The Hall–Kier alpha value is -1.06. The van der Waals surface area contributed by atoms with Crippen molar-refractivity contribution in [3.63, 3.8) is 0 Å². The maximum atomic E-state index is 5.42. The molecule has 0 saturated carbocycles. The highest BCUT2D eigenvalue weighted by Gasteiger charge is 2.20. The van der Waals surface area contributed by atoms with Gasteiger partial charge in [0, 0.05) is 62.6 Å². The highest BCUT2D eigenvalue weighted by atomic mass is 32.2. The number of hydrogen-bond acceptors (Lipinski definition) is 7. The number of nitrogens with one attached hydrogen (secondary N) is 1. The van der Waals surface area contributed by atoms with Crippen LogP contribution >= 0.6 is 23.5 Å². The fourth-order valence-corrected chi connectivity index (χ4v) is 5.19. The number of imidazole rings is 1. The number of aromatic nitrogens is 3. The standard InChI is InChI=1S/C19H28N4O2S2/c1-15-16(26-14-10-23-8-12-25-13-9-23)3-5-20-18(15)17(4-11-24-2)27-19-21-6-7-22-19/h3,5-7,17H,4,8-14H2,1-2H3,(H,21,22). The highest BCUT2D eigenvalue weighted by molar-refractivity contribution is 7.99. The van der Waals surface area contributed by atoms with Gasteiger partial charge in [-0.05, 0) is 25.0 Å². The van der Waals surface area contributed by atoms with Gasteiger partial charge < -0.3 is 14.5 Å². The quantitative estimate of drug-likeness (QED) is 0.605. The molecule has 27 heavy (non-hydrogen) atoms. The fourth-order valence-electron chi connectivity index (χ4n) is 3.05. The largest absolute Gasteiger partial charge is 0.385 e. The summed E-state index contributed by atoms with van der Waals surface area (Å²) in [4.78, 5) is 16.0. The molecule has 1 N–H and O–H groups in total. The molecule has 0 aliphatic carbocycles. The van der Waals surface area contributed by atoms with Crippen molar-refractivity contribution < 1.29 is 9.47 Å². The van der Waals surface area contributed by atoms with Gasteiger partial charge in [-0.1, -0.05) is 11.8 Å². The summed E-state index contributed by atoms with van der Waals surface area (Å²) in [5.74, 6) is 1.08. The molecule has 3 rings (SSSR count). The minimum atomic E-state index is 0.218. The monoisotopic (exact) mass is 408 g/mol. The van der Waals surface area contributed by atoms with Crippen LogP contribution in [0.15, 0.2) is 34.7 Å². The third-order valence-corrected chi connectivity index (χ3v) is 6.91. The first-order chi connectivity index (χ1) is 13.3. The summed E-state index contributed by atoms with van der Waals surface area (Å²) in [5, 5.41) is 1.14. The molecule has 1 fully saturated rings. The van der Waals surface area contributed by atoms with E-state index >= 15 is 0 Å². The van der Waals surface area contributed by atoms with Crippen molar-refractivity contribution in [3.05, 3.63) is 35.9 Å². The average Bonchev–Trinajstić information content (AvgIpc) is 3.21. The minimum Gasteiger partial charge on any atom is -0.385 e. The van der Waals surface area contributed by atoms with Crippen LogP contribution in [0, 0.1) is 6.92 Å². The Kier molecular flexibility index (Phi) is 8.47. The topological polar surface area (TPSA) is 63.3 Å². The molecule has 3 heterocycles. The van der Waals surface area contributed by atoms with Gasteiger partial charge in [0.1, 0.15) is 0 Å². The second kappa shape index (κ2) is 11.1. The summed E-state index contributed by atoms with van der Waals surface area (Å²) < 4.78 is 10.7. The molecule has 1 unspecified atom stereocenters. The van der Waals surface area contributed by atoms with E-state index in [0.717, 1.165) is 55.9 Å². The van der Waals surface area contributed by atoms with Gasteiger partial charge in [-0.2, -0.15) is 0 Å². The van der Waals surface area contributed by atoms with E-state index in [9.17, 15) is 0 Å². The number of pyridine rings is 1. The Balaban J connectivity index is 1.65. The molecule has 1 atom stereocenters. The molecule has 0 spiro atoms. The lowest BCUT2D eigenvalue weighted by Gasteiger charge is -2.26. The number of thioether (sulfide) groups is 2. The van der Waals surface area contributed by atoms with E-state index in [1.54, 1.807) is 25.1 Å². The number of H-pyrrole nitrogens is 1. The molecule has 0 aromatic carbocycles. The molecule has 0 radical (unpaired) electrons. The van der Waals surface area contributed by atoms with E-state index in [1.807, 2.05) is 24.2 Å². The normalized spacial score (nSPS) is 16.5. The number of ether oxygens (including phenoxy) is 2. The van der Waals surface area contributed by atoms with Crippen LogP contribution in [0.5, 0.6) is 0 Å². The van der Waals surface area contributed by atoms with Crippen LogP contribution in [0.3, 0.4) is 0 Å². The van der Waals surface area contributed by atoms with Crippen LogP contribution in [-0.4, -0.2) is 72.2 Å². The van der Waals surface area contributed by atoms with Crippen molar-refractivity contribution in [2.24, 2.45) is 0 Å². The third kappa shape index (κ3) is 6.22. The lowest BCUT2D eigenvalue weighted by molar-refractivity contribution is 0.0410. The van der Waals surface area contributed by atoms with Crippen molar-refractivity contribution in [2.75, 3.05) is 52.3 Å². The van der Waals surface area contributed by atoms with E-state index < -0.39 is 0 Å². The van der Waals surface area contributed by atoms with E-state index in [0.29, 0.717) is 6.61 Å². The van der Waals surface area contributed by atoms with Gasteiger partial charge in [0.05, 0.1) is 24.2 Å². The molecule has 1 aliphatic rings. The van der Waals surface area contributed by atoms with E-state index in [4.69, 9.17) is 14.5 Å². The van der Waals surface area contributed by atoms with Crippen LogP contribution in [-0.2, 0) is 9.47 Å². The number of hydrogen-bond donors (Lipinski definition) is 1. The van der Waals surface area contributed by atoms with E-state index in [1.165, 1.54) is 10.5 Å². The van der Waals surface area contributed by atoms with Crippen molar-refractivity contribution in [1.82, 2.24) is 19.9 Å². The molecule has 6 nitrogen and oxygen atoms in total. The molecule has 2 aromatic rings. The molecule has 2 aromatic heterocycles. The van der Waals surface area contributed by atoms with Crippen LogP contribution < -0.4 is 0 Å². The Bertz CT molecular complexity index is 678. The third-order valence-electron chi connectivity index (χ3n) is 4.58. The smallest absolute Gasteiger partial charge is 0.165 e. The SMILES string of the molecule is COCCC(Sc1ncc[nH]1)c1nccc(SCCN2CCOCC2)c1C. The summed E-state index contributed by atoms with van der Waals surface area (Å²) in [7, 11) is 1.74. The van der Waals surface area contributed by atoms with Crippen molar-refractivity contribution in [1.29, 1.82) is 0 Å². The fraction of sp³-hybridized carbons (Fsp3) is 0.579.